The Labute approximate surface area is 249 Å². The highest BCUT2D eigenvalue weighted by molar-refractivity contribution is 7.56. The average molecular weight is 570 g/mol. The van der Waals surface area contributed by atoms with Crippen LogP contribution in [0.2, 0.25) is 0 Å². The summed E-state index contributed by atoms with van der Waals surface area (Å²) in [6.07, 6.45) is 6.78. The number of aryl methyl sites for hydroxylation is 1. The van der Waals surface area contributed by atoms with E-state index < -0.39 is 0 Å². The molecule has 218 valence electrons. The van der Waals surface area contributed by atoms with Crippen LogP contribution in [0, 0.1) is 17.8 Å². The fraction of sp³-hybridized carbons (Fsp3) is 0.417. The summed E-state index contributed by atoms with van der Waals surface area (Å²) in [5, 5.41) is 6.87. The van der Waals surface area contributed by atoms with Crippen LogP contribution < -0.4 is 16.4 Å². The van der Waals surface area contributed by atoms with Gasteiger partial charge in [-0.15, -0.1) is 0 Å². The van der Waals surface area contributed by atoms with Crippen LogP contribution in [0.15, 0.2) is 78.9 Å². The average Bonchev–Trinajstić information content (AvgIpc) is 2.98. The Morgan fingerprint density at radius 2 is 1.61 bits per heavy atom. The van der Waals surface area contributed by atoms with Gasteiger partial charge in [0.2, 0.25) is 5.91 Å². The van der Waals surface area contributed by atoms with Gasteiger partial charge in [-0.3, -0.25) is 4.79 Å². The summed E-state index contributed by atoms with van der Waals surface area (Å²) in [4.78, 5) is 12.5. The van der Waals surface area contributed by atoms with Gasteiger partial charge in [-0.05, 0) is 79.9 Å². The first-order chi connectivity index (χ1) is 20.0. The largest absolute Gasteiger partial charge is 0.356 e. The zero-order valence-corrected chi connectivity index (χ0v) is 26.1. The van der Waals surface area contributed by atoms with Crippen LogP contribution in [0.5, 0.6) is 0 Å². The van der Waals surface area contributed by atoms with E-state index in [9.17, 15) is 4.79 Å². The van der Waals surface area contributed by atoms with Crippen LogP contribution >= 0.6 is 7.92 Å². The molecule has 41 heavy (non-hydrogen) atoms. The predicted octanol–water partition coefficient (Wildman–Crippen LogP) is 7.01. The number of nitrogens with two attached hydrogens (primary N) is 1. The molecule has 0 aliphatic carbocycles. The first-order valence-electron chi connectivity index (χ1n) is 15.0. The Morgan fingerprint density at radius 3 is 2.39 bits per heavy atom. The second-order valence-corrected chi connectivity index (χ2v) is 13.5. The van der Waals surface area contributed by atoms with E-state index >= 15 is 0 Å². The van der Waals surface area contributed by atoms with Gasteiger partial charge in [0.1, 0.15) is 0 Å². The van der Waals surface area contributed by atoms with Gasteiger partial charge in [-0.25, -0.2) is 0 Å². The molecule has 3 rings (SSSR count). The van der Waals surface area contributed by atoms with E-state index in [1.807, 2.05) is 13.0 Å². The fourth-order valence-corrected chi connectivity index (χ4v) is 6.14. The van der Waals surface area contributed by atoms with Crippen molar-refractivity contribution in [3.63, 3.8) is 0 Å². The lowest BCUT2D eigenvalue weighted by Crippen LogP contribution is -2.31. The SMILES string of the molecule is CC(Cc1cccc(C#CCCc2cccc(C(NCc3ccccc3)P(C)C)c2)c1)C(=O)NCCCCCCN. The van der Waals surface area contributed by atoms with Gasteiger partial charge < -0.3 is 16.4 Å². The quantitative estimate of drug-likeness (QED) is 0.0987. The van der Waals surface area contributed by atoms with E-state index in [1.54, 1.807) is 0 Å². The first kappa shape index (κ1) is 32.6. The van der Waals surface area contributed by atoms with E-state index in [0.29, 0.717) is 5.78 Å². The maximum absolute atomic E-state index is 12.5. The molecule has 0 aliphatic rings. The van der Waals surface area contributed by atoms with Crippen molar-refractivity contribution in [2.45, 2.75) is 64.2 Å². The third-order valence-corrected chi connectivity index (χ3v) is 8.76. The molecule has 0 saturated heterocycles. The molecule has 0 saturated carbocycles. The van der Waals surface area contributed by atoms with Gasteiger partial charge in [0.25, 0.3) is 0 Å². The third kappa shape index (κ3) is 12.2. The topological polar surface area (TPSA) is 67.2 Å². The molecule has 0 aromatic heterocycles. The fourth-order valence-electron chi connectivity index (χ4n) is 4.93. The molecule has 4 N–H and O–H groups in total. The first-order valence-corrected chi connectivity index (χ1v) is 17.3. The molecule has 0 spiro atoms. The number of benzene rings is 3. The number of carbonyl (C=O) groups excluding carboxylic acids is 1. The normalized spacial score (nSPS) is 12.4. The van der Waals surface area contributed by atoms with Crippen LogP contribution in [0.25, 0.3) is 0 Å². The summed E-state index contributed by atoms with van der Waals surface area (Å²) in [5.74, 6) is 7.14. The van der Waals surface area contributed by atoms with Gasteiger partial charge in [0.15, 0.2) is 0 Å². The maximum atomic E-state index is 12.5. The molecule has 0 fully saturated rings. The maximum Gasteiger partial charge on any atom is 0.223 e. The van der Waals surface area contributed by atoms with Crippen molar-refractivity contribution in [2.24, 2.45) is 11.7 Å². The molecule has 0 bridgehead atoms. The monoisotopic (exact) mass is 569 g/mol. The third-order valence-electron chi connectivity index (χ3n) is 7.24. The van der Waals surface area contributed by atoms with Crippen molar-refractivity contribution in [2.75, 3.05) is 26.4 Å². The predicted molar refractivity (Wildman–Crippen MR) is 176 cm³/mol. The van der Waals surface area contributed by atoms with Crippen molar-refractivity contribution in [3.05, 3.63) is 107 Å². The van der Waals surface area contributed by atoms with E-state index in [2.05, 4.69) is 109 Å². The molecule has 1 amide bonds. The van der Waals surface area contributed by atoms with Gasteiger partial charge >= 0.3 is 0 Å². The molecular formula is C36H48N3OP. The second-order valence-electron chi connectivity index (χ2n) is 11.1. The van der Waals surface area contributed by atoms with Crippen LogP contribution in [0.1, 0.15) is 72.6 Å². The summed E-state index contributed by atoms with van der Waals surface area (Å²) < 4.78 is 0. The summed E-state index contributed by atoms with van der Waals surface area (Å²) >= 11 is 0. The van der Waals surface area contributed by atoms with Crippen LogP contribution in [-0.4, -0.2) is 32.3 Å². The summed E-state index contributed by atoms with van der Waals surface area (Å²) in [7, 11) is -0.184. The molecule has 0 aliphatic heterocycles. The second kappa shape index (κ2) is 18.5. The Balaban J connectivity index is 1.49. The number of unbranched alkanes of at least 4 members (excludes halogenated alkanes) is 3. The van der Waals surface area contributed by atoms with Crippen LogP contribution in [-0.2, 0) is 24.2 Å². The van der Waals surface area contributed by atoms with E-state index in [4.69, 9.17) is 5.73 Å². The van der Waals surface area contributed by atoms with Crippen molar-refractivity contribution in [3.8, 4) is 11.8 Å². The minimum atomic E-state index is -0.184. The lowest BCUT2D eigenvalue weighted by molar-refractivity contribution is -0.124. The number of hydrogen-bond donors (Lipinski definition) is 3. The molecule has 4 nitrogen and oxygen atoms in total. The Bertz CT molecular complexity index is 1250. The van der Waals surface area contributed by atoms with Gasteiger partial charge in [-0.2, -0.15) is 0 Å². The highest BCUT2D eigenvalue weighted by Crippen LogP contribution is 2.43. The zero-order valence-electron chi connectivity index (χ0n) is 25.2. The number of hydrogen-bond acceptors (Lipinski definition) is 3. The molecule has 3 aromatic rings. The van der Waals surface area contributed by atoms with Crippen molar-refractivity contribution >= 4 is 13.8 Å². The summed E-state index contributed by atoms with van der Waals surface area (Å²) in [5.41, 5.74) is 11.7. The van der Waals surface area contributed by atoms with Crippen LogP contribution in [0.4, 0.5) is 0 Å². The van der Waals surface area contributed by atoms with Gasteiger partial charge in [0.05, 0.1) is 5.78 Å². The minimum absolute atomic E-state index is 0.0622. The Hall–Kier alpha value is -2.96. The van der Waals surface area contributed by atoms with E-state index in [0.717, 1.165) is 75.7 Å². The van der Waals surface area contributed by atoms with Crippen molar-refractivity contribution < 1.29 is 4.79 Å². The summed E-state index contributed by atoms with van der Waals surface area (Å²) in [6, 6.07) is 27.9. The number of carbonyl (C=O) groups is 1. The van der Waals surface area contributed by atoms with Crippen molar-refractivity contribution in [1.29, 1.82) is 0 Å². The highest BCUT2D eigenvalue weighted by Gasteiger charge is 2.15. The standard InChI is InChI=1S/C36H48N3OP/c1-29(35(40)38-24-12-5-4-11-23-37)25-33-21-13-19-30(26-33)15-9-10-16-31-20-14-22-34(27-31)36(41(2)3)39-28-32-17-7-6-8-18-32/h6-8,13-14,17-22,26-27,29,36,39H,4-5,10-12,16,23-25,28,37H2,1-3H3,(H,38,40). The van der Waals surface area contributed by atoms with Crippen LogP contribution in [0.3, 0.4) is 0 Å². The lowest BCUT2D eigenvalue weighted by atomic mass is 9.98. The number of amides is 1. The zero-order chi connectivity index (χ0) is 29.3. The lowest BCUT2D eigenvalue weighted by Gasteiger charge is -2.24. The van der Waals surface area contributed by atoms with E-state index in [-0.39, 0.29) is 19.7 Å². The van der Waals surface area contributed by atoms with E-state index in [1.165, 1.54) is 16.7 Å². The minimum Gasteiger partial charge on any atom is -0.356 e. The van der Waals surface area contributed by atoms with Gasteiger partial charge in [0, 0.05) is 31.0 Å². The molecule has 5 heteroatoms. The van der Waals surface area contributed by atoms with Crippen molar-refractivity contribution in [1.82, 2.24) is 10.6 Å². The Morgan fingerprint density at radius 1 is 0.878 bits per heavy atom. The molecule has 0 radical (unpaired) electrons. The highest BCUT2D eigenvalue weighted by atomic mass is 31.1. The number of nitrogens with one attached hydrogen (secondary N) is 2. The van der Waals surface area contributed by atoms with Gasteiger partial charge in [-0.1, -0.05) is 106 Å². The summed E-state index contributed by atoms with van der Waals surface area (Å²) in [6.45, 7) is 9.03. The molecule has 2 unspecified atom stereocenters. The molecule has 2 atom stereocenters. The smallest absolute Gasteiger partial charge is 0.223 e. The molecular weight excluding hydrogens is 521 g/mol. The number of rotatable bonds is 16. The Kier molecular flexibility index (Phi) is 14.7. The molecule has 3 aromatic carbocycles. The molecule has 0 heterocycles.